The molecule has 0 saturated carbocycles. The fraction of sp³-hybridized carbons (Fsp3) is 0.304. The van der Waals surface area contributed by atoms with E-state index in [1.54, 1.807) is 54.0 Å². The van der Waals surface area contributed by atoms with Crippen LogP contribution < -0.4 is 16.8 Å². The zero-order chi connectivity index (χ0) is 24.0. The molecule has 1 aromatic heterocycles. The maximum Gasteiger partial charge on any atom is 0.237 e. The number of hydrogen-bond acceptors (Lipinski definition) is 6. The van der Waals surface area contributed by atoms with Crippen LogP contribution in [0.4, 0.5) is 0 Å². The van der Waals surface area contributed by atoms with Crippen molar-refractivity contribution < 1.29 is 9.59 Å². The number of aryl methyl sites for hydroxylation is 1. The molecule has 0 saturated heterocycles. The van der Waals surface area contributed by atoms with E-state index in [0.717, 1.165) is 12.8 Å². The summed E-state index contributed by atoms with van der Waals surface area (Å²) in [5, 5.41) is 11.9. The van der Waals surface area contributed by atoms with Crippen molar-refractivity contribution in [2.45, 2.75) is 38.8 Å². The Balaban J connectivity index is 0.00000408. The maximum atomic E-state index is 13.3. The highest BCUT2D eigenvalue weighted by Gasteiger charge is 2.22. The lowest BCUT2D eigenvalue weighted by molar-refractivity contribution is -0.122. The molecule has 2 aromatic carbocycles. The molecule has 1 amide bonds. The van der Waals surface area contributed by atoms with Crippen molar-refractivity contribution in [3.05, 3.63) is 75.3 Å². The van der Waals surface area contributed by atoms with Gasteiger partial charge >= 0.3 is 0 Å². The summed E-state index contributed by atoms with van der Waals surface area (Å²) >= 11 is 12.5. The van der Waals surface area contributed by atoms with Crippen molar-refractivity contribution in [1.29, 1.82) is 0 Å². The van der Waals surface area contributed by atoms with E-state index in [2.05, 4.69) is 15.5 Å². The highest BCUT2D eigenvalue weighted by Crippen LogP contribution is 2.27. The summed E-state index contributed by atoms with van der Waals surface area (Å²) in [4.78, 5) is 25.7. The number of hydrogen-bond donors (Lipinski definition) is 3. The normalized spacial score (nSPS) is 11.6. The molecule has 0 bridgehead atoms. The Morgan fingerprint density at radius 3 is 2.53 bits per heavy atom. The number of halogens is 3. The number of benzene rings is 2. The predicted octanol–water partition coefficient (Wildman–Crippen LogP) is 3.76. The fourth-order valence-electron chi connectivity index (χ4n) is 3.45. The minimum atomic E-state index is -0.637. The Morgan fingerprint density at radius 1 is 1.09 bits per heavy atom. The smallest absolute Gasteiger partial charge is 0.237 e. The molecule has 3 aromatic rings. The van der Waals surface area contributed by atoms with Gasteiger partial charge in [0.15, 0.2) is 11.6 Å². The highest BCUT2D eigenvalue weighted by molar-refractivity contribution is 8.93. The van der Waals surface area contributed by atoms with Crippen molar-refractivity contribution >= 4 is 51.9 Å². The van der Waals surface area contributed by atoms with Crippen LogP contribution >= 0.6 is 40.2 Å². The second-order valence-corrected chi connectivity index (χ2v) is 8.42. The van der Waals surface area contributed by atoms with Crippen LogP contribution in [-0.2, 0) is 11.3 Å². The molecule has 1 atom stereocenters. The van der Waals surface area contributed by atoms with Gasteiger partial charge in [-0.3, -0.25) is 14.2 Å². The number of nitrogens with one attached hydrogen (secondary N) is 1. The lowest BCUT2D eigenvalue weighted by atomic mass is 10.0. The number of carbonyl (C=O) groups excluding carboxylic acids is 2. The van der Waals surface area contributed by atoms with Gasteiger partial charge in [-0.15, -0.1) is 27.2 Å². The second-order valence-electron chi connectivity index (χ2n) is 7.58. The Bertz CT molecular complexity index is 1150. The van der Waals surface area contributed by atoms with Crippen LogP contribution in [0, 0.1) is 6.92 Å². The number of carbonyl (C=O) groups is 2. The number of nitrogens with zero attached hydrogens (tertiary/aromatic N) is 3. The first-order valence-electron chi connectivity index (χ1n) is 10.6. The summed E-state index contributed by atoms with van der Waals surface area (Å²) in [5.41, 5.74) is 12.7. The van der Waals surface area contributed by atoms with Crippen LogP contribution in [0.1, 0.15) is 46.8 Å². The largest absolute Gasteiger partial charge is 0.347 e. The quantitative estimate of drug-likeness (QED) is 0.252. The van der Waals surface area contributed by atoms with Gasteiger partial charge in [0, 0.05) is 16.1 Å². The molecule has 3 rings (SSSR count). The number of amides is 1. The van der Waals surface area contributed by atoms with Crippen LogP contribution in [0.5, 0.6) is 0 Å². The van der Waals surface area contributed by atoms with Gasteiger partial charge in [-0.1, -0.05) is 41.8 Å². The molecule has 5 N–H and O–H groups in total. The van der Waals surface area contributed by atoms with E-state index in [-0.39, 0.29) is 35.2 Å². The van der Waals surface area contributed by atoms with Gasteiger partial charge in [-0.05, 0) is 56.6 Å². The third-order valence-electron chi connectivity index (χ3n) is 5.18. The van der Waals surface area contributed by atoms with E-state index in [1.807, 2.05) is 0 Å². The first-order valence-corrected chi connectivity index (χ1v) is 11.3. The van der Waals surface area contributed by atoms with Gasteiger partial charge in [0.2, 0.25) is 5.91 Å². The Hall–Kier alpha value is -2.30. The Morgan fingerprint density at radius 2 is 1.82 bits per heavy atom. The Labute approximate surface area is 218 Å². The average Bonchev–Trinajstić information content (AvgIpc) is 3.17. The minimum Gasteiger partial charge on any atom is -0.347 e. The van der Waals surface area contributed by atoms with Gasteiger partial charge < -0.3 is 16.8 Å². The fourth-order valence-corrected chi connectivity index (χ4v) is 3.84. The van der Waals surface area contributed by atoms with Crippen LogP contribution in [0.2, 0.25) is 10.0 Å². The molecule has 0 spiro atoms. The minimum absolute atomic E-state index is 0. The Kier molecular flexibility index (Phi) is 10.7. The van der Waals surface area contributed by atoms with E-state index in [1.165, 1.54) is 0 Å². The topological polar surface area (TPSA) is 129 Å². The summed E-state index contributed by atoms with van der Waals surface area (Å²) in [6.07, 6.45) is 2.13. The summed E-state index contributed by atoms with van der Waals surface area (Å²) in [5.74, 6) is 0.415. The van der Waals surface area contributed by atoms with Crippen molar-refractivity contribution in [3.63, 3.8) is 0 Å². The molecular weight excluding hydrogens is 543 g/mol. The molecule has 1 heterocycles. The van der Waals surface area contributed by atoms with E-state index in [0.29, 0.717) is 51.5 Å². The predicted molar refractivity (Wildman–Crippen MR) is 139 cm³/mol. The standard InChI is InChI=1S/C23H26Cl2N6O2.BrH/c1-14-29-30-21(13-28-23(33)19(27)8-4-5-11-26)31(14)20-10-9-15(24)12-17(20)22(32)16-6-2-3-7-18(16)25;/h2-3,6-7,9-10,12,19H,4-5,8,11,13,26-27H2,1H3,(H,28,33);1H/t19-;/m0./s1. The SMILES string of the molecule is Br.Cc1nnc(CNC(=O)[C@@H](N)CCCCN)n1-c1ccc(Cl)cc1C(=O)c1ccccc1Cl. The third kappa shape index (κ3) is 6.64. The second kappa shape index (κ2) is 13.0. The van der Waals surface area contributed by atoms with E-state index in [4.69, 9.17) is 34.7 Å². The van der Waals surface area contributed by atoms with Crippen molar-refractivity contribution in [3.8, 4) is 5.69 Å². The first kappa shape index (κ1) is 27.9. The number of ketones is 1. The van der Waals surface area contributed by atoms with Gasteiger partial charge in [-0.25, -0.2) is 0 Å². The number of aromatic nitrogens is 3. The van der Waals surface area contributed by atoms with Crippen molar-refractivity contribution in [2.75, 3.05) is 6.54 Å². The molecule has 0 aliphatic heterocycles. The molecule has 11 heteroatoms. The number of rotatable bonds is 10. The monoisotopic (exact) mass is 568 g/mol. The molecule has 0 unspecified atom stereocenters. The molecule has 0 aliphatic rings. The molecule has 0 aliphatic carbocycles. The third-order valence-corrected chi connectivity index (χ3v) is 5.75. The van der Waals surface area contributed by atoms with Crippen LogP contribution in [-0.4, -0.2) is 39.0 Å². The maximum absolute atomic E-state index is 13.3. The summed E-state index contributed by atoms with van der Waals surface area (Å²) in [7, 11) is 0. The summed E-state index contributed by atoms with van der Waals surface area (Å²) in [6, 6.07) is 11.1. The molecule has 8 nitrogen and oxygen atoms in total. The van der Waals surface area contributed by atoms with Gasteiger partial charge in [0.05, 0.1) is 23.3 Å². The van der Waals surface area contributed by atoms with E-state index < -0.39 is 6.04 Å². The van der Waals surface area contributed by atoms with E-state index in [9.17, 15) is 9.59 Å². The zero-order valence-electron chi connectivity index (χ0n) is 18.6. The van der Waals surface area contributed by atoms with Crippen LogP contribution in [0.3, 0.4) is 0 Å². The van der Waals surface area contributed by atoms with Crippen LogP contribution in [0.15, 0.2) is 42.5 Å². The lowest BCUT2D eigenvalue weighted by Crippen LogP contribution is -2.40. The zero-order valence-corrected chi connectivity index (χ0v) is 21.9. The lowest BCUT2D eigenvalue weighted by Gasteiger charge is -2.16. The van der Waals surface area contributed by atoms with Gasteiger partial charge in [-0.2, -0.15) is 0 Å². The van der Waals surface area contributed by atoms with Gasteiger partial charge in [0.1, 0.15) is 5.82 Å². The summed E-state index contributed by atoms with van der Waals surface area (Å²) < 4.78 is 1.71. The van der Waals surface area contributed by atoms with Crippen molar-refractivity contribution in [2.24, 2.45) is 11.5 Å². The average molecular weight is 570 g/mol. The molecule has 182 valence electrons. The van der Waals surface area contributed by atoms with Crippen LogP contribution in [0.25, 0.3) is 5.69 Å². The summed E-state index contributed by atoms with van der Waals surface area (Å²) in [6.45, 7) is 2.41. The molecular formula is C23H27BrCl2N6O2. The number of nitrogens with two attached hydrogens (primary N) is 2. The first-order chi connectivity index (χ1) is 15.8. The van der Waals surface area contributed by atoms with E-state index >= 15 is 0 Å². The molecule has 34 heavy (non-hydrogen) atoms. The van der Waals surface area contributed by atoms with Crippen molar-refractivity contribution in [1.82, 2.24) is 20.1 Å². The van der Waals surface area contributed by atoms with Gasteiger partial charge in [0.25, 0.3) is 0 Å². The highest BCUT2D eigenvalue weighted by atomic mass is 79.9. The molecule has 0 radical (unpaired) electrons. The number of unbranched alkanes of at least 4 members (excludes halogenated alkanes) is 1. The molecule has 0 fully saturated rings.